The molecule has 2 aromatic carbocycles. The first kappa shape index (κ1) is 12.7. The third-order valence-corrected chi connectivity index (χ3v) is 3.34. The highest BCUT2D eigenvalue weighted by atomic mass is 35.5. The summed E-state index contributed by atoms with van der Waals surface area (Å²) < 4.78 is 11.2. The minimum Gasteiger partial charge on any atom is -0.493 e. The van der Waals surface area contributed by atoms with Gasteiger partial charge in [-0.2, -0.15) is 0 Å². The van der Waals surface area contributed by atoms with E-state index in [0.717, 1.165) is 17.7 Å². The molecule has 0 N–H and O–H groups in total. The van der Waals surface area contributed by atoms with Crippen molar-refractivity contribution in [3.63, 3.8) is 0 Å². The average Bonchev–Trinajstić information content (AvgIpc) is 2.90. The van der Waals surface area contributed by atoms with Crippen molar-refractivity contribution in [2.75, 3.05) is 6.61 Å². The van der Waals surface area contributed by atoms with Crippen LogP contribution in [0.1, 0.15) is 5.56 Å². The minimum absolute atomic E-state index is 0.0658. The van der Waals surface area contributed by atoms with Crippen molar-refractivity contribution in [2.24, 2.45) is 0 Å². The molecular weight excluding hydrogens is 282 g/mol. The second kappa shape index (κ2) is 5.02. The fourth-order valence-corrected chi connectivity index (χ4v) is 2.30. The number of hydrogen-bond acceptors (Lipinski definition) is 4. The molecule has 0 unspecified atom stereocenters. The predicted molar refractivity (Wildman–Crippen MR) is 73.8 cm³/mol. The molecule has 1 aliphatic rings. The molecule has 0 aromatic heterocycles. The summed E-state index contributed by atoms with van der Waals surface area (Å²) >= 11 is 6.01. The van der Waals surface area contributed by atoms with Gasteiger partial charge in [0, 0.05) is 24.1 Å². The lowest BCUT2D eigenvalue weighted by atomic mass is 10.1. The minimum atomic E-state index is -0.496. The molecule has 102 valence electrons. The number of nitrogens with zero attached hydrogens (tertiary/aromatic N) is 1. The van der Waals surface area contributed by atoms with Gasteiger partial charge in [-0.1, -0.05) is 17.7 Å². The van der Waals surface area contributed by atoms with Gasteiger partial charge in [0.25, 0.3) is 5.69 Å². The number of hydrogen-bond donors (Lipinski definition) is 0. The number of ether oxygens (including phenoxy) is 2. The number of non-ortho nitro benzene ring substituents is 1. The Balaban J connectivity index is 1.92. The van der Waals surface area contributed by atoms with Gasteiger partial charge in [0.15, 0.2) is 0 Å². The Morgan fingerprint density at radius 2 is 2.10 bits per heavy atom. The van der Waals surface area contributed by atoms with Gasteiger partial charge in [0.2, 0.25) is 0 Å². The van der Waals surface area contributed by atoms with Crippen LogP contribution in [0.15, 0.2) is 36.4 Å². The Morgan fingerprint density at radius 3 is 2.85 bits per heavy atom. The van der Waals surface area contributed by atoms with Crippen molar-refractivity contribution in [2.45, 2.75) is 6.42 Å². The van der Waals surface area contributed by atoms with E-state index in [2.05, 4.69) is 0 Å². The molecule has 0 spiro atoms. The highest BCUT2D eigenvalue weighted by molar-refractivity contribution is 6.32. The largest absolute Gasteiger partial charge is 0.493 e. The van der Waals surface area contributed by atoms with Crippen LogP contribution < -0.4 is 9.47 Å². The van der Waals surface area contributed by atoms with Gasteiger partial charge in [0.05, 0.1) is 16.6 Å². The molecule has 3 rings (SSSR count). The quantitative estimate of drug-likeness (QED) is 0.634. The van der Waals surface area contributed by atoms with Gasteiger partial charge in [-0.05, 0) is 18.2 Å². The first-order valence-electron chi connectivity index (χ1n) is 6.01. The van der Waals surface area contributed by atoms with Crippen molar-refractivity contribution in [3.05, 3.63) is 57.1 Å². The maximum absolute atomic E-state index is 10.7. The van der Waals surface area contributed by atoms with Crippen molar-refractivity contribution in [3.8, 4) is 17.2 Å². The first-order chi connectivity index (χ1) is 9.65. The summed E-state index contributed by atoms with van der Waals surface area (Å²) in [6, 6.07) is 9.67. The smallest absolute Gasteiger partial charge is 0.271 e. The Hall–Kier alpha value is -2.27. The molecule has 0 saturated carbocycles. The molecule has 0 fully saturated rings. The molecule has 0 aliphatic carbocycles. The highest BCUT2D eigenvalue weighted by Gasteiger charge is 2.18. The van der Waals surface area contributed by atoms with Crippen molar-refractivity contribution >= 4 is 17.3 Å². The van der Waals surface area contributed by atoms with E-state index in [1.807, 2.05) is 18.2 Å². The average molecular weight is 292 g/mol. The van der Waals surface area contributed by atoms with E-state index in [0.29, 0.717) is 18.1 Å². The predicted octanol–water partition coefficient (Wildman–Crippen LogP) is 3.98. The third-order valence-electron chi connectivity index (χ3n) is 3.05. The Kier molecular flexibility index (Phi) is 3.20. The molecule has 0 amide bonds. The zero-order valence-electron chi connectivity index (χ0n) is 10.3. The molecule has 0 atom stereocenters. The van der Waals surface area contributed by atoms with Crippen LogP contribution >= 0.6 is 11.6 Å². The van der Waals surface area contributed by atoms with Crippen LogP contribution in [0.5, 0.6) is 17.2 Å². The molecule has 5 nitrogen and oxygen atoms in total. The zero-order valence-corrected chi connectivity index (χ0v) is 11.1. The van der Waals surface area contributed by atoms with Crippen LogP contribution in [-0.2, 0) is 6.42 Å². The van der Waals surface area contributed by atoms with Crippen LogP contribution in [0.3, 0.4) is 0 Å². The van der Waals surface area contributed by atoms with E-state index >= 15 is 0 Å². The van der Waals surface area contributed by atoms with Gasteiger partial charge in [-0.15, -0.1) is 0 Å². The van der Waals surface area contributed by atoms with Crippen LogP contribution in [0, 0.1) is 10.1 Å². The van der Waals surface area contributed by atoms with E-state index in [4.69, 9.17) is 21.1 Å². The van der Waals surface area contributed by atoms with E-state index in [1.54, 1.807) is 0 Å². The fraction of sp³-hybridized carbons (Fsp3) is 0.143. The normalized spacial score (nSPS) is 12.7. The maximum Gasteiger partial charge on any atom is 0.271 e. The van der Waals surface area contributed by atoms with Crippen molar-refractivity contribution < 1.29 is 14.4 Å². The molecule has 1 aliphatic heterocycles. The van der Waals surface area contributed by atoms with Gasteiger partial charge in [-0.25, -0.2) is 0 Å². The van der Waals surface area contributed by atoms with Gasteiger partial charge < -0.3 is 9.47 Å². The van der Waals surface area contributed by atoms with Crippen molar-refractivity contribution in [1.29, 1.82) is 0 Å². The standard InChI is InChI=1S/C14H10ClNO4/c15-11-8-9(16(17)18)4-5-14(11)20-13-3-1-2-12-10(13)6-7-19-12/h1-5,8H,6-7H2. The van der Waals surface area contributed by atoms with E-state index in [1.165, 1.54) is 18.2 Å². The van der Waals surface area contributed by atoms with Gasteiger partial charge >= 0.3 is 0 Å². The Labute approximate surface area is 119 Å². The molecule has 1 heterocycles. The number of rotatable bonds is 3. The number of nitro benzene ring substituents is 1. The first-order valence-corrected chi connectivity index (χ1v) is 6.39. The third kappa shape index (κ3) is 2.28. The topological polar surface area (TPSA) is 61.6 Å². The van der Waals surface area contributed by atoms with E-state index in [-0.39, 0.29) is 10.7 Å². The van der Waals surface area contributed by atoms with Crippen molar-refractivity contribution in [1.82, 2.24) is 0 Å². The summed E-state index contributed by atoms with van der Waals surface area (Å²) in [5.74, 6) is 1.86. The lowest BCUT2D eigenvalue weighted by Gasteiger charge is -2.10. The Morgan fingerprint density at radius 1 is 1.25 bits per heavy atom. The summed E-state index contributed by atoms with van der Waals surface area (Å²) in [5.41, 5.74) is 0.922. The van der Waals surface area contributed by atoms with Gasteiger partial charge in [-0.3, -0.25) is 10.1 Å². The second-order valence-corrected chi connectivity index (χ2v) is 4.71. The summed E-state index contributed by atoms with van der Waals surface area (Å²) in [5, 5.41) is 10.9. The molecule has 6 heteroatoms. The molecule has 20 heavy (non-hydrogen) atoms. The molecule has 0 saturated heterocycles. The SMILES string of the molecule is O=[N+]([O-])c1ccc(Oc2cccc3c2CCO3)c(Cl)c1. The van der Waals surface area contributed by atoms with Crippen LogP contribution in [0.25, 0.3) is 0 Å². The number of fused-ring (bicyclic) bond motifs is 1. The lowest BCUT2D eigenvalue weighted by molar-refractivity contribution is -0.384. The van der Waals surface area contributed by atoms with Crippen LogP contribution in [0.4, 0.5) is 5.69 Å². The maximum atomic E-state index is 10.7. The summed E-state index contributed by atoms with van der Waals surface area (Å²) in [7, 11) is 0. The summed E-state index contributed by atoms with van der Waals surface area (Å²) in [6.07, 6.45) is 0.774. The molecule has 2 aromatic rings. The number of nitro groups is 1. The summed E-state index contributed by atoms with van der Waals surface area (Å²) in [4.78, 5) is 10.2. The van der Waals surface area contributed by atoms with Gasteiger partial charge in [0.1, 0.15) is 17.2 Å². The van der Waals surface area contributed by atoms with E-state index < -0.39 is 4.92 Å². The second-order valence-electron chi connectivity index (χ2n) is 4.31. The number of benzene rings is 2. The van der Waals surface area contributed by atoms with Crippen LogP contribution in [0.2, 0.25) is 5.02 Å². The number of halogens is 1. The molecule has 0 radical (unpaired) electrons. The molecular formula is C14H10ClNO4. The highest BCUT2D eigenvalue weighted by Crippen LogP contribution is 2.38. The monoisotopic (exact) mass is 291 g/mol. The fourth-order valence-electron chi connectivity index (χ4n) is 2.09. The van der Waals surface area contributed by atoms with Crippen LogP contribution in [-0.4, -0.2) is 11.5 Å². The lowest BCUT2D eigenvalue weighted by Crippen LogP contribution is -1.92. The Bertz CT molecular complexity index is 687. The zero-order chi connectivity index (χ0) is 14.1. The summed E-state index contributed by atoms with van der Waals surface area (Å²) in [6.45, 7) is 0.629. The molecule has 0 bridgehead atoms. The van der Waals surface area contributed by atoms with E-state index in [9.17, 15) is 10.1 Å².